The van der Waals surface area contributed by atoms with Crippen LogP contribution >= 0.6 is 0 Å². The summed E-state index contributed by atoms with van der Waals surface area (Å²) < 4.78 is 76.4. The lowest BCUT2D eigenvalue weighted by Crippen LogP contribution is -2.23. The molecular formula is C70H69N3. The first-order valence-corrected chi connectivity index (χ1v) is 25.9. The fourth-order valence-electron chi connectivity index (χ4n) is 11.6. The van der Waals surface area contributed by atoms with E-state index in [0.717, 1.165) is 104 Å². The van der Waals surface area contributed by atoms with Gasteiger partial charge < -0.3 is 0 Å². The Morgan fingerprint density at radius 2 is 1.08 bits per heavy atom. The highest BCUT2D eigenvalue weighted by Gasteiger charge is 2.39. The molecule has 0 unspecified atom stereocenters. The molecule has 2 aliphatic carbocycles. The smallest absolute Gasteiger partial charge is 0.0711 e. The second-order valence-corrected chi connectivity index (χ2v) is 22.1. The van der Waals surface area contributed by atoms with Crippen molar-refractivity contribution in [3.05, 3.63) is 244 Å². The van der Waals surface area contributed by atoms with E-state index in [2.05, 4.69) is 84.0 Å². The van der Waals surface area contributed by atoms with E-state index in [9.17, 15) is 6.85 Å². The van der Waals surface area contributed by atoms with Crippen molar-refractivity contribution in [2.45, 2.75) is 122 Å². The molecule has 1 fully saturated rings. The third kappa shape index (κ3) is 9.75. The van der Waals surface area contributed by atoms with E-state index in [1.54, 1.807) is 30.3 Å². The molecule has 3 heteroatoms. The molecule has 3 aromatic heterocycles. The van der Waals surface area contributed by atoms with Gasteiger partial charge in [0.05, 0.1) is 17.1 Å². The Morgan fingerprint density at radius 1 is 0.521 bits per heavy atom. The normalized spacial score (nSPS) is 16.9. The number of nitrogens with zero attached hydrogens (tertiary/aromatic N) is 3. The van der Waals surface area contributed by atoms with E-state index >= 15 is 0 Å². The molecule has 11 rings (SSSR count). The Balaban J connectivity index is 1.02. The third-order valence-electron chi connectivity index (χ3n) is 15.6. The van der Waals surface area contributed by atoms with Crippen LogP contribution in [-0.4, -0.2) is 15.0 Å². The Morgan fingerprint density at radius 3 is 1.68 bits per heavy atom. The Kier molecular flexibility index (Phi) is 10.6. The number of benzene rings is 6. The van der Waals surface area contributed by atoms with E-state index < -0.39 is 41.7 Å². The summed E-state index contributed by atoms with van der Waals surface area (Å²) in [5.41, 5.74) is 13.4. The monoisotopic (exact) mass is 960 g/mol. The quantitative estimate of drug-likeness (QED) is 0.109. The number of pyridine rings is 3. The maximum Gasteiger partial charge on any atom is 0.0711 e. The summed E-state index contributed by atoms with van der Waals surface area (Å²) >= 11 is 0. The number of aryl methyl sites for hydroxylation is 3. The lowest BCUT2D eigenvalue weighted by atomic mass is 9.77. The fourth-order valence-corrected chi connectivity index (χ4v) is 11.6. The summed E-state index contributed by atoms with van der Waals surface area (Å²) in [6, 6.07) is 55.2. The number of hydrogen-bond acceptors (Lipinski definition) is 3. The van der Waals surface area contributed by atoms with Gasteiger partial charge in [0.15, 0.2) is 0 Å². The summed E-state index contributed by atoms with van der Waals surface area (Å²) in [4.78, 5) is 14.8. The molecule has 73 heavy (non-hydrogen) atoms. The zero-order chi connectivity index (χ0) is 57.3. The van der Waals surface area contributed by atoms with Gasteiger partial charge in [-0.2, -0.15) is 0 Å². The number of hydrogen-bond donors (Lipinski definition) is 0. The molecule has 0 aliphatic heterocycles. The first-order chi connectivity index (χ1) is 38.4. The molecule has 2 aliphatic rings. The van der Waals surface area contributed by atoms with Gasteiger partial charge in [-0.05, 0) is 158 Å². The molecule has 9 aromatic rings. The summed E-state index contributed by atoms with van der Waals surface area (Å²) in [7, 11) is 0. The Hall–Kier alpha value is -7.23. The molecule has 0 bridgehead atoms. The van der Waals surface area contributed by atoms with Gasteiger partial charge in [0, 0.05) is 51.7 Å². The van der Waals surface area contributed by atoms with Crippen LogP contribution in [0.2, 0.25) is 0 Å². The maximum atomic E-state index is 10.2. The van der Waals surface area contributed by atoms with Crippen molar-refractivity contribution in [2.24, 2.45) is 0 Å². The van der Waals surface area contributed by atoms with Crippen molar-refractivity contribution in [2.75, 3.05) is 0 Å². The summed E-state index contributed by atoms with van der Waals surface area (Å²) in [6.45, 7) is 10.4. The second kappa shape index (κ2) is 19.7. The summed E-state index contributed by atoms with van der Waals surface area (Å²) in [5.74, 6) is -0.619. The van der Waals surface area contributed by atoms with Crippen molar-refractivity contribution in [3.8, 4) is 56.0 Å². The van der Waals surface area contributed by atoms with E-state index in [0.29, 0.717) is 18.5 Å². The predicted octanol–water partition coefficient (Wildman–Crippen LogP) is 17.6. The van der Waals surface area contributed by atoms with Gasteiger partial charge in [0.2, 0.25) is 0 Å². The summed E-state index contributed by atoms with van der Waals surface area (Å²) in [6.07, 6.45) is 4.54. The molecule has 0 spiro atoms. The molecule has 6 aromatic carbocycles. The lowest BCUT2D eigenvalue weighted by Gasteiger charge is -2.28. The largest absolute Gasteiger partial charge is 0.256 e. The molecule has 3 heterocycles. The van der Waals surface area contributed by atoms with Gasteiger partial charge in [-0.15, -0.1) is 0 Å². The molecule has 0 amide bonds. The van der Waals surface area contributed by atoms with Gasteiger partial charge in [-0.1, -0.05) is 206 Å². The van der Waals surface area contributed by atoms with Crippen molar-refractivity contribution < 1.29 is 11.0 Å². The minimum absolute atomic E-state index is 0.0286. The van der Waals surface area contributed by atoms with Crippen LogP contribution in [0.4, 0.5) is 0 Å². The number of aromatic nitrogens is 3. The number of fused-ring (bicyclic) bond motifs is 3. The molecule has 0 radical (unpaired) electrons. The Labute approximate surface area is 446 Å². The minimum atomic E-state index is -2.78. The highest BCUT2D eigenvalue weighted by atomic mass is 14.7. The van der Waals surface area contributed by atoms with Crippen LogP contribution in [-0.2, 0) is 41.8 Å². The van der Waals surface area contributed by atoms with E-state index in [1.807, 2.05) is 109 Å². The second-order valence-electron chi connectivity index (χ2n) is 22.1. The molecule has 0 atom stereocenters. The molecular weight excluding hydrogens is 883 g/mol. The highest BCUT2D eigenvalue weighted by Crippen LogP contribution is 2.53. The molecule has 3 nitrogen and oxygen atoms in total. The van der Waals surface area contributed by atoms with Crippen LogP contribution in [0, 0.1) is 6.85 Å². The van der Waals surface area contributed by atoms with Crippen LogP contribution in [0.15, 0.2) is 188 Å². The lowest BCUT2D eigenvalue weighted by molar-refractivity contribution is 0.512. The van der Waals surface area contributed by atoms with Crippen LogP contribution < -0.4 is 0 Å². The van der Waals surface area contributed by atoms with Crippen LogP contribution in [0.5, 0.6) is 0 Å². The predicted molar refractivity (Wildman–Crippen MR) is 305 cm³/mol. The van der Waals surface area contributed by atoms with Crippen molar-refractivity contribution in [3.63, 3.8) is 0 Å². The van der Waals surface area contributed by atoms with Crippen molar-refractivity contribution in [1.82, 2.24) is 15.0 Å². The summed E-state index contributed by atoms with van der Waals surface area (Å²) in [5, 5.41) is 0. The van der Waals surface area contributed by atoms with Crippen LogP contribution in [0.1, 0.15) is 140 Å². The van der Waals surface area contributed by atoms with Gasteiger partial charge >= 0.3 is 0 Å². The fraction of sp³-hybridized carbons (Fsp3) is 0.271. The maximum absolute atomic E-state index is 10.2. The van der Waals surface area contributed by atoms with Crippen molar-refractivity contribution >= 4 is 0 Å². The molecule has 0 saturated heterocycles. The van der Waals surface area contributed by atoms with Crippen LogP contribution in [0.3, 0.4) is 0 Å². The molecule has 0 N–H and O–H groups in total. The minimum Gasteiger partial charge on any atom is -0.256 e. The molecule has 1 saturated carbocycles. The van der Waals surface area contributed by atoms with E-state index in [1.165, 1.54) is 6.20 Å². The third-order valence-corrected chi connectivity index (χ3v) is 15.6. The standard InChI is InChI=1S/C70H69N3/c1-47-19-14-17-26-58(47)62-41-66(61-28-18-27-60-59-34-31-54(51-20-15-16-21-51)40-63(59)70(6,7)67(60)61)71-44-55(62)30-29-48-37-49(42-68(2,3)56-32-35-64(72-45-56)52-22-10-8-11-23-52)39-50(38-48)43-69(4,5)57-33-36-65(73-46-57)53-24-12-9-13-25-53/h8-14,17-19,22-28,31-41,44-46,51H,15-16,20-21,29-30,42-43H2,1-7H3/i1D3,29D2,30D2,51D. The first kappa shape index (κ1) is 39.3. The van der Waals surface area contributed by atoms with E-state index in [-0.39, 0.29) is 27.8 Å². The zero-order valence-electron chi connectivity index (χ0n) is 51.0. The zero-order valence-corrected chi connectivity index (χ0v) is 43.0. The van der Waals surface area contributed by atoms with Gasteiger partial charge in [0.25, 0.3) is 0 Å². The van der Waals surface area contributed by atoms with Crippen LogP contribution in [0.25, 0.3) is 56.0 Å². The van der Waals surface area contributed by atoms with Gasteiger partial charge in [-0.25, -0.2) is 0 Å². The number of rotatable bonds is 14. The average Bonchev–Trinajstić information content (AvgIpc) is 4.24. The average molecular weight is 960 g/mol. The Bertz CT molecular complexity index is 3670. The van der Waals surface area contributed by atoms with Crippen molar-refractivity contribution in [1.29, 1.82) is 0 Å². The first-order valence-electron chi connectivity index (χ1n) is 29.9. The highest BCUT2D eigenvalue weighted by molar-refractivity contribution is 5.88. The SMILES string of the molecule is [2H]C([2H])([2H])c1ccccc1-c1cc(-c2cccc3c2C(C)(C)c2cc(C4([2H])CCCC4)ccc2-3)ncc1C([2H])([2H])C([2H])([2H])c1cc(CC(C)(C)c2ccc(-c3ccccc3)nc2)cc(CC(C)(C)c2ccc(-c3ccccc3)nc2)c1. The van der Waals surface area contributed by atoms with Gasteiger partial charge in [-0.3, -0.25) is 15.0 Å². The molecule has 364 valence electrons. The van der Waals surface area contributed by atoms with Gasteiger partial charge in [0.1, 0.15) is 0 Å². The van der Waals surface area contributed by atoms with E-state index in [4.69, 9.17) is 19.1 Å². The topological polar surface area (TPSA) is 38.7 Å².